The van der Waals surface area contributed by atoms with Crippen LogP contribution in [0.1, 0.15) is 40.0 Å². The molecule has 0 aromatic rings. The predicted molar refractivity (Wildman–Crippen MR) is 69.6 cm³/mol. The van der Waals surface area contributed by atoms with Gasteiger partial charge in [-0.05, 0) is 6.42 Å². The highest BCUT2D eigenvalue weighted by Gasteiger charge is 2.49. The quantitative estimate of drug-likeness (QED) is 0.360. The second-order valence-corrected chi connectivity index (χ2v) is 5.99. The SMILES string of the molecule is CCC(C(=O)/C=C(\O)C(C)(CC(F)(F)F)CC(F)(F)F)C(C)(F)F. The molecule has 0 aliphatic heterocycles. The van der Waals surface area contributed by atoms with E-state index in [1.165, 1.54) is 6.92 Å². The van der Waals surface area contributed by atoms with Gasteiger partial charge in [0.05, 0.1) is 18.8 Å². The zero-order valence-corrected chi connectivity index (χ0v) is 13.2. The van der Waals surface area contributed by atoms with Crippen LogP contribution in [0.4, 0.5) is 35.1 Å². The number of carbonyl (C=O) groups excluding carboxylic acids is 1. The highest BCUT2D eigenvalue weighted by atomic mass is 19.4. The Kier molecular flexibility index (Phi) is 6.86. The van der Waals surface area contributed by atoms with Gasteiger partial charge < -0.3 is 5.11 Å². The van der Waals surface area contributed by atoms with Crippen LogP contribution in [0.25, 0.3) is 0 Å². The molecule has 0 spiro atoms. The lowest BCUT2D eigenvalue weighted by Crippen LogP contribution is -2.34. The Morgan fingerprint density at radius 2 is 1.33 bits per heavy atom. The van der Waals surface area contributed by atoms with Crippen molar-refractivity contribution in [2.45, 2.75) is 58.3 Å². The van der Waals surface area contributed by atoms with Crippen molar-refractivity contribution in [3.05, 3.63) is 11.8 Å². The van der Waals surface area contributed by atoms with Crippen molar-refractivity contribution < 1.29 is 45.0 Å². The van der Waals surface area contributed by atoms with Crippen LogP contribution in [0.5, 0.6) is 0 Å². The third-order valence-electron chi connectivity index (χ3n) is 3.44. The summed E-state index contributed by atoms with van der Waals surface area (Å²) in [5.41, 5.74) is -2.88. The van der Waals surface area contributed by atoms with Crippen LogP contribution in [0, 0.1) is 11.3 Å². The molecule has 0 heterocycles. The number of halogens is 8. The van der Waals surface area contributed by atoms with Crippen molar-refractivity contribution in [2.24, 2.45) is 11.3 Å². The first-order valence-corrected chi connectivity index (χ1v) is 6.87. The van der Waals surface area contributed by atoms with E-state index in [0.717, 1.165) is 0 Å². The molecule has 1 unspecified atom stereocenters. The molecule has 0 bridgehead atoms. The number of aliphatic hydroxyl groups excluding tert-OH is 1. The summed E-state index contributed by atoms with van der Waals surface area (Å²) < 4.78 is 102. The van der Waals surface area contributed by atoms with Gasteiger partial charge in [0.15, 0.2) is 5.78 Å². The fourth-order valence-electron chi connectivity index (χ4n) is 2.35. The summed E-state index contributed by atoms with van der Waals surface area (Å²) in [5.74, 6) is -8.45. The second-order valence-electron chi connectivity index (χ2n) is 5.99. The fraction of sp³-hybridized carbons (Fsp3) is 0.786. The number of alkyl halides is 8. The molecule has 0 fully saturated rings. The number of allylic oxidation sites excluding steroid dienone is 2. The Hall–Kier alpha value is -1.35. The van der Waals surface area contributed by atoms with Gasteiger partial charge >= 0.3 is 12.4 Å². The van der Waals surface area contributed by atoms with Crippen molar-refractivity contribution in [3.8, 4) is 0 Å². The number of rotatable bonds is 7. The lowest BCUT2D eigenvalue weighted by atomic mass is 9.79. The van der Waals surface area contributed by atoms with Gasteiger partial charge in [-0.1, -0.05) is 13.8 Å². The Morgan fingerprint density at radius 3 is 1.58 bits per heavy atom. The standard InChI is InChI=1S/C14H18F8O2/c1-4-8(12(3,15)16)9(23)5-10(24)11(2,6-13(17,18)19)7-14(20,21)22/h5,8,24H,4,6-7H2,1-3H3/b10-5-. The lowest BCUT2D eigenvalue weighted by Gasteiger charge is -2.31. The first kappa shape index (κ1) is 22.6. The van der Waals surface area contributed by atoms with Crippen LogP contribution in [0.2, 0.25) is 0 Å². The van der Waals surface area contributed by atoms with Gasteiger partial charge in [0.2, 0.25) is 0 Å². The molecule has 0 aliphatic rings. The van der Waals surface area contributed by atoms with Crippen LogP contribution in [0.15, 0.2) is 11.8 Å². The minimum atomic E-state index is -5.07. The molecule has 0 aromatic heterocycles. The summed E-state index contributed by atoms with van der Waals surface area (Å²) in [4.78, 5) is 11.7. The fourth-order valence-corrected chi connectivity index (χ4v) is 2.35. The average Bonchev–Trinajstić information content (AvgIpc) is 2.21. The molecule has 24 heavy (non-hydrogen) atoms. The third-order valence-corrected chi connectivity index (χ3v) is 3.44. The molecule has 10 heteroatoms. The van der Waals surface area contributed by atoms with E-state index in [1.54, 1.807) is 0 Å². The molecule has 1 N–H and O–H groups in total. The number of carbonyl (C=O) groups is 1. The molecule has 1 atom stereocenters. The van der Waals surface area contributed by atoms with E-state index in [4.69, 9.17) is 0 Å². The van der Waals surface area contributed by atoms with E-state index >= 15 is 0 Å². The van der Waals surface area contributed by atoms with E-state index in [9.17, 15) is 45.0 Å². The van der Waals surface area contributed by atoms with Gasteiger partial charge in [0.25, 0.3) is 5.92 Å². The van der Waals surface area contributed by atoms with Crippen LogP contribution in [0.3, 0.4) is 0 Å². The Labute approximate surface area is 133 Å². The van der Waals surface area contributed by atoms with Gasteiger partial charge in [-0.25, -0.2) is 8.78 Å². The normalized spacial score (nSPS) is 16.2. The predicted octanol–water partition coefficient (Wildman–Crippen LogP) is 5.59. The maximum atomic E-state index is 13.2. The number of ketones is 1. The Bertz CT molecular complexity index is 455. The van der Waals surface area contributed by atoms with Crippen molar-refractivity contribution in [3.63, 3.8) is 0 Å². The van der Waals surface area contributed by atoms with E-state index < -0.39 is 60.4 Å². The molecule has 142 valence electrons. The van der Waals surface area contributed by atoms with Crippen molar-refractivity contribution in [1.82, 2.24) is 0 Å². The first-order valence-electron chi connectivity index (χ1n) is 6.87. The summed E-state index contributed by atoms with van der Waals surface area (Å²) in [5, 5.41) is 9.67. The molecule has 0 aliphatic carbocycles. The number of hydrogen-bond donors (Lipinski definition) is 1. The van der Waals surface area contributed by atoms with Gasteiger partial charge in [-0.15, -0.1) is 0 Å². The molecular formula is C14H18F8O2. The first-order chi connectivity index (χ1) is 10.4. The van der Waals surface area contributed by atoms with Gasteiger partial charge in [0.1, 0.15) is 5.76 Å². The summed E-state index contributed by atoms with van der Waals surface area (Å²) >= 11 is 0. The summed E-state index contributed by atoms with van der Waals surface area (Å²) in [6.07, 6.45) is -14.6. The number of aliphatic hydroxyl groups is 1. The maximum Gasteiger partial charge on any atom is 0.390 e. The van der Waals surface area contributed by atoms with E-state index in [-0.39, 0.29) is 6.08 Å². The zero-order valence-electron chi connectivity index (χ0n) is 13.2. The van der Waals surface area contributed by atoms with Crippen LogP contribution < -0.4 is 0 Å². The largest absolute Gasteiger partial charge is 0.512 e. The summed E-state index contributed by atoms with van der Waals surface area (Å²) in [6, 6.07) is 0. The highest BCUT2D eigenvalue weighted by molar-refractivity contribution is 5.92. The highest BCUT2D eigenvalue weighted by Crippen LogP contribution is 2.45. The van der Waals surface area contributed by atoms with E-state index in [2.05, 4.69) is 0 Å². The Balaban J connectivity index is 5.74. The minimum absolute atomic E-state index is 0.0447. The molecule has 0 rings (SSSR count). The molecule has 0 aromatic carbocycles. The van der Waals surface area contributed by atoms with Crippen LogP contribution >= 0.6 is 0 Å². The maximum absolute atomic E-state index is 13.2. The summed E-state index contributed by atoms with van der Waals surface area (Å²) in [6.45, 7) is 2.07. The molecule has 0 amide bonds. The molecule has 0 saturated carbocycles. The van der Waals surface area contributed by atoms with Crippen molar-refractivity contribution in [2.75, 3.05) is 0 Å². The van der Waals surface area contributed by atoms with Crippen LogP contribution in [-0.2, 0) is 4.79 Å². The molecular weight excluding hydrogens is 352 g/mol. The van der Waals surface area contributed by atoms with E-state index in [0.29, 0.717) is 13.8 Å². The van der Waals surface area contributed by atoms with Crippen molar-refractivity contribution >= 4 is 5.78 Å². The topological polar surface area (TPSA) is 37.3 Å². The zero-order chi connectivity index (χ0) is 19.6. The lowest BCUT2D eigenvalue weighted by molar-refractivity contribution is -0.190. The summed E-state index contributed by atoms with van der Waals surface area (Å²) in [7, 11) is 0. The van der Waals surface area contributed by atoms with Gasteiger partial charge in [-0.2, -0.15) is 26.3 Å². The van der Waals surface area contributed by atoms with E-state index in [1.807, 2.05) is 0 Å². The third kappa shape index (κ3) is 7.48. The molecule has 0 saturated heterocycles. The number of hydrogen-bond acceptors (Lipinski definition) is 2. The molecule has 0 radical (unpaired) electrons. The smallest absolute Gasteiger partial charge is 0.390 e. The van der Waals surface area contributed by atoms with Crippen LogP contribution in [-0.4, -0.2) is 29.2 Å². The minimum Gasteiger partial charge on any atom is -0.512 e. The average molecular weight is 370 g/mol. The Morgan fingerprint density at radius 1 is 0.958 bits per heavy atom. The molecule has 2 nitrogen and oxygen atoms in total. The van der Waals surface area contributed by atoms with Gasteiger partial charge in [0, 0.05) is 18.4 Å². The monoisotopic (exact) mass is 370 g/mol. The van der Waals surface area contributed by atoms with Crippen molar-refractivity contribution in [1.29, 1.82) is 0 Å². The van der Waals surface area contributed by atoms with Gasteiger partial charge in [-0.3, -0.25) is 4.79 Å². The second kappa shape index (κ2) is 7.26.